The molecule has 0 radical (unpaired) electrons. The largest absolute Gasteiger partial charge is 0.482 e. The molecule has 1 heterocycles. The minimum absolute atomic E-state index is 0.0338. The number of carbonyl (C=O) groups excluding carboxylic acids is 2. The van der Waals surface area contributed by atoms with Crippen LogP contribution in [-0.2, 0) is 4.79 Å². The van der Waals surface area contributed by atoms with E-state index in [1.807, 2.05) is 13.8 Å². The number of urea groups is 1. The zero-order chi connectivity index (χ0) is 17.1. The Morgan fingerprint density at radius 2 is 2.00 bits per heavy atom. The third kappa shape index (κ3) is 3.63. The van der Waals surface area contributed by atoms with Crippen LogP contribution in [0.15, 0.2) is 18.2 Å². The van der Waals surface area contributed by atoms with Crippen molar-refractivity contribution in [1.82, 2.24) is 5.32 Å². The summed E-state index contributed by atoms with van der Waals surface area (Å²) in [7, 11) is 0. The Hall–Kier alpha value is -2.24. The highest BCUT2D eigenvalue weighted by molar-refractivity contribution is 5.99. The molecular formula is C18H25N3O3. The number of ether oxygens (including phenoxy) is 1. The number of rotatable bonds is 3. The third-order valence-electron chi connectivity index (χ3n) is 4.55. The van der Waals surface area contributed by atoms with Crippen LogP contribution in [0.25, 0.3) is 0 Å². The molecule has 6 heteroatoms. The molecule has 1 saturated carbocycles. The Morgan fingerprint density at radius 1 is 1.25 bits per heavy atom. The number of carbonyl (C=O) groups is 2. The number of hydrogen-bond acceptors (Lipinski definition) is 3. The molecule has 0 spiro atoms. The molecular weight excluding hydrogens is 306 g/mol. The van der Waals surface area contributed by atoms with Crippen LogP contribution in [0.5, 0.6) is 5.75 Å². The van der Waals surface area contributed by atoms with Crippen molar-refractivity contribution in [2.45, 2.75) is 58.0 Å². The summed E-state index contributed by atoms with van der Waals surface area (Å²) in [6, 6.07) is 5.49. The highest BCUT2D eigenvalue weighted by atomic mass is 16.5. The summed E-state index contributed by atoms with van der Waals surface area (Å²) in [5.41, 5.74) is 1.36. The zero-order valence-corrected chi connectivity index (χ0v) is 14.3. The van der Waals surface area contributed by atoms with Crippen LogP contribution >= 0.6 is 0 Å². The first-order chi connectivity index (χ1) is 11.5. The number of hydrogen-bond donors (Lipinski definition) is 2. The summed E-state index contributed by atoms with van der Waals surface area (Å²) in [5, 5.41) is 5.90. The number of benzene rings is 1. The van der Waals surface area contributed by atoms with Gasteiger partial charge in [-0.2, -0.15) is 0 Å². The molecule has 24 heavy (non-hydrogen) atoms. The SMILES string of the molecule is CC(C)N1C(=O)COc2ccc(NC(=O)NC3CCCCC3)cc21. The van der Waals surface area contributed by atoms with E-state index in [-0.39, 0.29) is 30.6 Å². The van der Waals surface area contributed by atoms with Crippen molar-refractivity contribution < 1.29 is 14.3 Å². The molecule has 1 fully saturated rings. The van der Waals surface area contributed by atoms with Crippen LogP contribution in [0.1, 0.15) is 46.0 Å². The van der Waals surface area contributed by atoms with E-state index in [9.17, 15) is 9.59 Å². The van der Waals surface area contributed by atoms with Gasteiger partial charge < -0.3 is 20.3 Å². The van der Waals surface area contributed by atoms with Gasteiger partial charge >= 0.3 is 6.03 Å². The van der Waals surface area contributed by atoms with E-state index in [0.29, 0.717) is 17.1 Å². The molecule has 6 nitrogen and oxygen atoms in total. The topological polar surface area (TPSA) is 70.7 Å². The van der Waals surface area contributed by atoms with Gasteiger partial charge in [-0.15, -0.1) is 0 Å². The molecule has 0 unspecified atom stereocenters. The van der Waals surface area contributed by atoms with Gasteiger partial charge in [-0.1, -0.05) is 19.3 Å². The molecule has 3 amide bonds. The average Bonchev–Trinajstić information content (AvgIpc) is 2.55. The van der Waals surface area contributed by atoms with Gasteiger partial charge in [-0.25, -0.2) is 4.79 Å². The van der Waals surface area contributed by atoms with Gasteiger partial charge in [-0.05, 0) is 44.9 Å². The van der Waals surface area contributed by atoms with Crippen molar-refractivity contribution in [3.8, 4) is 5.75 Å². The van der Waals surface area contributed by atoms with Gasteiger partial charge in [0.15, 0.2) is 6.61 Å². The van der Waals surface area contributed by atoms with E-state index < -0.39 is 0 Å². The van der Waals surface area contributed by atoms with Gasteiger partial charge in [-0.3, -0.25) is 4.79 Å². The Kier molecular flexibility index (Phi) is 4.92. The number of fused-ring (bicyclic) bond motifs is 1. The standard InChI is InChI=1S/C18H25N3O3/c1-12(2)21-15-10-14(8-9-16(15)24-11-17(21)22)20-18(23)19-13-6-4-3-5-7-13/h8-10,12-13H,3-7,11H2,1-2H3,(H2,19,20,23). The van der Waals surface area contributed by atoms with Crippen LogP contribution in [0.2, 0.25) is 0 Å². The molecule has 2 aliphatic rings. The highest BCUT2D eigenvalue weighted by Gasteiger charge is 2.28. The van der Waals surface area contributed by atoms with Crippen LogP contribution in [0.3, 0.4) is 0 Å². The van der Waals surface area contributed by atoms with Crippen molar-refractivity contribution >= 4 is 23.3 Å². The summed E-state index contributed by atoms with van der Waals surface area (Å²) in [4.78, 5) is 26.0. The lowest BCUT2D eigenvalue weighted by Crippen LogP contribution is -2.43. The maximum atomic E-state index is 12.2. The van der Waals surface area contributed by atoms with Gasteiger partial charge in [0.1, 0.15) is 5.75 Å². The second-order valence-corrected chi connectivity index (χ2v) is 6.76. The van der Waals surface area contributed by atoms with Crippen molar-refractivity contribution in [1.29, 1.82) is 0 Å². The molecule has 0 aromatic heterocycles. The Morgan fingerprint density at radius 3 is 2.71 bits per heavy atom. The zero-order valence-electron chi connectivity index (χ0n) is 14.3. The Bertz CT molecular complexity index is 624. The molecule has 0 bridgehead atoms. The molecule has 130 valence electrons. The second-order valence-electron chi connectivity index (χ2n) is 6.76. The molecule has 2 N–H and O–H groups in total. The monoisotopic (exact) mass is 331 g/mol. The first kappa shape index (κ1) is 16.6. The smallest absolute Gasteiger partial charge is 0.319 e. The molecule has 1 aromatic carbocycles. The molecule has 3 rings (SSSR count). The first-order valence-corrected chi connectivity index (χ1v) is 8.71. The normalized spacial score (nSPS) is 18.1. The maximum absolute atomic E-state index is 12.2. The van der Waals surface area contributed by atoms with Crippen LogP contribution < -0.4 is 20.3 Å². The van der Waals surface area contributed by atoms with E-state index in [1.54, 1.807) is 23.1 Å². The van der Waals surface area contributed by atoms with Crippen molar-refractivity contribution in [3.05, 3.63) is 18.2 Å². The highest BCUT2D eigenvalue weighted by Crippen LogP contribution is 2.35. The number of nitrogens with one attached hydrogen (secondary N) is 2. The van der Waals surface area contributed by atoms with Crippen LogP contribution in [-0.4, -0.2) is 30.6 Å². The lowest BCUT2D eigenvalue weighted by atomic mass is 9.96. The van der Waals surface area contributed by atoms with Crippen molar-refractivity contribution in [3.63, 3.8) is 0 Å². The Labute approximate surface area is 142 Å². The fourth-order valence-electron chi connectivity index (χ4n) is 3.41. The number of anilines is 2. The molecule has 1 aliphatic heterocycles. The maximum Gasteiger partial charge on any atom is 0.319 e. The van der Waals surface area contributed by atoms with E-state index in [2.05, 4.69) is 10.6 Å². The second kappa shape index (κ2) is 7.11. The summed E-state index contributed by atoms with van der Waals surface area (Å²) in [5.74, 6) is 0.600. The van der Waals surface area contributed by atoms with Gasteiger partial charge in [0.05, 0.1) is 5.69 Å². The summed E-state index contributed by atoms with van der Waals surface area (Å²) < 4.78 is 5.48. The quantitative estimate of drug-likeness (QED) is 0.893. The molecule has 1 aromatic rings. The molecule has 0 atom stereocenters. The lowest BCUT2D eigenvalue weighted by Gasteiger charge is -2.32. The molecule has 1 aliphatic carbocycles. The van der Waals surface area contributed by atoms with E-state index in [4.69, 9.17) is 4.74 Å². The predicted octanol–water partition coefficient (Wildman–Crippen LogP) is 3.27. The molecule has 0 saturated heterocycles. The van der Waals surface area contributed by atoms with Crippen molar-refractivity contribution in [2.24, 2.45) is 0 Å². The predicted molar refractivity (Wildman–Crippen MR) is 93.6 cm³/mol. The first-order valence-electron chi connectivity index (χ1n) is 8.71. The number of amides is 3. The van der Waals surface area contributed by atoms with Crippen LogP contribution in [0.4, 0.5) is 16.2 Å². The summed E-state index contributed by atoms with van der Waals surface area (Å²) in [6.07, 6.45) is 5.69. The van der Waals surface area contributed by atoms with Gasteiger partial charge in [0.2, 0.25) is 0 Å². The van der Waals surface area contributed by atoms with E-state index in [1.165, 1.54) is 19.3 Å². The average molecular weight is 331 g/mol. The number of nitrogens with zero attached hydrogens (tertiary/aromatic N) is 1. The van der Waals surface area contributed by atoms with Gasteiger partial charge in [0, 0.05) is 17.8 Å². The van der Waals surface area contributed by atoms with Crippen molar-refractivity contribution in [2.75, 3.05) is 16.8 Å². The fraction of sp³-hybridized carbons (Fsp3) is 0.556. The minimum Gasteiger partial charge on any atom is -0.482 e. The van der Waals surface area contributed by atoms with E-state index in [0.717, 1.165) is 12.8 Å². The van der Waals surface area contributed by atoms with Gasteiger partial charge in [0.25, 0.3) is 5.91 Å². The fourth-order valence-corrected chi connectivity index (χ4v) is 3.41. The lowest BCUT2D eigenvalue weighted by molar-refractivity contribution is -0.121. The third-order valence-corrected chi connectivity index (χ3v) is 4.55. The summed E-state index contributed by atoms with van der Waals surface area (Å²) >= 11 is 0. The van der Waals surface area contributed by atoms with E-state index >= 15 is 0 Å². The Balaban J connectivity index is 1.70. The van der Waals surface area contributed by atoms with Crippen LogP contribution in [0, 0.1) is 0 Å². The summed E-state index contributed by atoms with van der Waals surface area (Å²) in [6.45, 7) is 3.98. The minimum atomic E-state index is -0.194.